The van der Waals surface area contributed by atoms with Crippen LogP contribution in [0.1, 0.15) is 24.6 Å². The van der Waals surface area contributed by atoms with Crippen molar-refractivity contribution in [3.63, 3.8) is 0 Å². The first-order valence-electron chi connectivity index (χ1n) is 4.77. The van der Waals surface area contributed by atoms with E-state index in [4.69, 9.17) is 0 Å². The molecule has 5 heteroatoms. The van der Waals surface area contributed by atoms with E-state index in [1.165, 1.54) is 12.8 Å². The minimum Gasteiger partial charge on any atom is -0.385 e. The van der Waals surface area contributed by atoms with Crippen LogP contribution >= 0.6 is 15.9 Å². The van der Waals surface area contributed by atoms with E-state index in [0.717, 1.165) is 10.2 Å². The average Bonchev–Trinajstić information content (AvgIpc) is 2.90. The number of hydrogen-bond acceptors (Lipinski definition) is 3. The van der Waals surface area contributed by atoms with Crippen molar-refractivity contribution in [2.75, 3.05) is 6.54 Å². The maximum atomic E-state index is 9.89. The minimum atomic E-state index is -0.488. The molecular weight excluding hydrogens is 246 g/mol. The molecule has 0 bridgehead atoms. The second-order valence-electron chi connectivity index (χ2n) is 3.70. The number of rotatable bonds is 4. The number of nitrogens with zero attached hydrogens (tertiary/aromatic N) is 2. The number of aromatic nitrogens is 2. The lowest BCUT2D eigenvalue weighted by atomic mass is 10.2. The van der Waals surface area contributed by atoms with E-state index < -0.39 is 6.10 Å². The van der Waals surface area contributed by atoms with Gasteiger partial charge in [0.05, 0.1) is 16.4 Å². The van der Waals surface area contributed by atoms with Crippen LogP contribution in [0.3, 0.4) is 0 Å². The highest BCUT2D eigenvalue weighted by Crippen LogP contribution is 2.24. The largest absolute Gasteiger partial charge is 0.385 e. The summed E-state index contributed by atoms with van der Waals surface area (Å²) in [7, 11) is 1.83. The predicted octanol–water partition coefficient (Wildman–Crippen LogP) is 0.968. The zero-order valence-electron chi connectivity index (χ0n) is 8.07. The molecule has 1 fully saturated rings. The van der Waals surface area contributed by atoms with Crippen LogP contribution in [0, 0.1) is 0 Å². The van der Waals surface area contributed by atoms with Crippen LogP contribution < -0.4 is 5.32 Å². The minimum absolute atomic E-state index is 0.488. The molecule has 0 amide bonds. The highest BCUT2D eigenvalue weighted by Gasteiger charge is 2.23. The number of aliphatic hydroxyl groups is 1. The summed E-state index contributed by atoms with van der Waals surface area (Å²) in [4.78, 5) is 0. The molecule has 0 aromatic carbocycles. The maximum absolute atomic E-state index is 9.89. The molecule has 1 atom stereocenters. The number of aliphatic hydroxyl groups excluding tert-OH is 1. The third kappa shape index (κ3) is 2.16. The Bertz CT molecular complexity index is 302. The second kappa shape index (κ2) is 4.00. The van der Waals surface area contributed by atoms with Crippen LogP contribution in [0.5, 0.6) is 0 Å². The monoisotopic (exact) mass is 259 g/mol. The van der Waals surface area contributed by atoms with E-state index >= 15 is 0 Å². The first kappa shape index (κ1) is 10.1. The van der Waals surface area contributed by atoms with Gasteiger partial charge in [-0.05, 0) is 28.8 Å². The molecule has 0 saturated heterocycles. The summed E-state index contributed by atoms with van der Waals surface area (Å²) in [6, 6.07) is 0.622. The van der Waals surface area contributed by atoms with E-state index in [1.807, 2.05) is 7.05 Å². The third-order valence-electron chi connectivity index (χ3n) is 2.43. The molecule has 0 aliphatic heterocycles. The molecule has 0 radical (unpaired) electrons. The summed E-state index contributed by atoms with van der Waals surface area (Å²) in [5.74, 6) is 0. The van der Waals surface area contributed by atoms with Crippen LogP contribution in [0.25, 0.3) is 0 Å². The Labute approximate surface area is 91.4 Å². The van der Waals surface area contributed by atoms with Gasteiger partial charge in [-0.3, -0.25) is 4.68 Å². The van der Waals surface area contributed by atoms with Gasteiger partial charge in [-0.15, -0.1) is 0 Å². The summed E-state index contributed by atoms with van der Waals surface area (Å²) >= 11 is 3.37. The van der Waals surface area contributed by atoms with Crippen LogP contribution in [0.15, 0.2) is 10.7 Å². The van der Waals surface area contributed by atoms with Gasteiger partial charge in [0.2, 0.25) is 0 Å². The first-order valence-corrected chi connectivity index (χ1v) is 5.56. The Hall–Kier alpha value is -0.390. The molecule has 2 rings (SSSR count). The number of nitrogens with one attached hydrogen (secondary N) is 1. The fourth-order valence-corrected chi connectivity index (χ4v) is 2.07. The van der Waals surface area contributed by atoms with Crippen molar-refractivity contribution >= 4 is 15.9 Å². The van der Waals surface area contributed by atoms with Crippen molar-refractivity contribution in [1.82, 2.24) is 15.1 Å². The highest BCUT2D eigenvalue weighted by molar-refractivity contribution is 9.10. The molecule has 4 nitrogen and oxygen atoms in total. The molecule has 1 aromatic rings. The molecule has 1 unspecified atom stereocenters. The summed E-state index contributed by atoms with van der Waals surface area (Å²) in [6.07, 6.45) is 3.69. The molecule has 14 heavy (non-hydrogen) atoms. The summed E-state index contributed by atoms with van der Waals surface area (Å²) in [6.45, 7) is 0.600. The fraction of sp³-hybridized carbons (Fsp3) is 0.667. The standard InChI is InChI=1S/C9H14BrN3O/c1-13-9(7(10)4-12-13)8(14)5-11-6-2-3-6/h4,6,8,11,14H,2-3,5H2,1H3. The molecule has 1 saturated carbocycles. The number of hydrogen-bond donors (Lipinski definition) is 2. The van der Waals surface area contributed by atoms with Crippen LogP contribution in [0.4, 0.5) is 0 Å². The zero-order chi connectivity index (χ0) is 10.1. The Morgan fingerprint density at radius 2 is 2.50 bits per heavy atom. The van der Waals surface area contributed by atoms with Gasteiger partial charge in [-0.1, -0.05) is 0 Å². The molecule has 1 heterocycles. The van der Waals surface area contributed by atoms with Crippen LogP contribution in [-0.4, -0.2) is 27.5 Å². The van der Waals surface area contributed by atoms with Crippen molar-refractivity contribution in [3.05, 3.63) is 16.4 Å². The Morgan fingerprint density at radius 1 is 1.79 bits per heavy atom. The van der Waals surface area contributed by atoms with E-state index in [2.05, 4.69) is 26.3 Å². The Morgan fingerprint density at radius 3 is 3.00 bits per heavy atom. The number of aryl methyl sites for hydroxylation is 1. The quantitative estimate of drug-likeness (QED) is 0.848. The van der Waals surface area contributed by atoms with Gasteiger partial charge in [0.1, 0.15) is 6.10 Å². The van der Waals surface area contributed by atoms with E-state index in [1.54, 1.807) is 10.9 Å². The lowest BCUT2D eigenvalue weighted by Gasteiger charge is -2.12. The topological polar surface area (TPSA) is 50.1 Å². The van der Waals surface area contributed by atoms with E-state index in [0.29, 0.717) is 12.6 Å². The summed E-state index contributed by atoms with van der Waals surface area (Å²) in [5, 5.41) is 17.2. The lowest BCUT2D eigenvalue weighted by Crippen LogP contribution is -2.24. The van der Waals surface area contributed by atoms with E-state index in [-0.39, 0.29) is 0 Å². The van der Waals surface area contributed by atoms with Crippen LogP contribution in [0.2, 0.25) is 0 Å². The molecule has 78 valence electrons. The molecule has 1 aromatic heterocycles. The van der Waals surface area contributed by atoms with Crippen molar-refractivity contribution in [2.24, 2.45) is 7.05 Å². The van der Waals surface area contributed by atoms with Gasteiger partial charge in [0.15, 0.2) is 0 Å². The molecule has 2 N–H and O–H groups in total. The highest BCUT2D eigenvalue weighted by atomic mass is 79.9. The van der Waals surface area contributed by atoms with Crippen molar-refractivity contribution in [3.8, 4) is 0 Å². The summed E-state index contributed by atoms with van der Waals surface area (Å²) in [5.41, 5.74) is 0.832. The molecule has 1 aliphatic rings. The second-order valence-corrected chi connectivity index (χ2v) is 4.55. The average molecular weight is 260 g/mol. The Balaban J connectivity index is 1.97. The maximum Gasteiger partial charge on any atom is 0.109 e. The van der Waals surface area contributed by atoms with Gasteiger partial charge in [-0.2, -0.15) is 5.10 Å². The fourth-order valence-electron chi connectivity index (χ4n) is 1.46. The normalized spacial score (nSPS) is 18.5. The number of halogens is 1. The van der Waals surface area contributed by atoms with Crippen molar-refractivity contribution in [1.29, 1.82) is 0 Å². The molecule has 0 spiro atoms. The van der Waals surface area contributed by atoms with Gasteiger partial charge >= 0.3 is 0 Å². The lowest BCUT2D eigenvalue weighted by molar-refractivity contribution is 0.164. The van der Waals surface area contributed by atoms with Gasteiger partial charge in [-0.25, -0.2) is 0 Å². The van der Waals surface area contributed by atoms with Gasteiger partial charge in [0.25, 0.3) is 0 Å². The third-order valence-corrected chi connectivity index (χ3v) is 3.04. The predicted molar refractivity (Wildman–Crippen MR) is 56.9 cm³/mol. The van der Waals surface area contributed by atoms with Gasteiger partial charge < -0.3 is 10.4 Å². The smallest absolute Gasteiger partial charge is 0.109 e. The summed E-state index contributed by atoms with van der Waals surface area (Å²) < 4.78 is 2.56. The first-order chi connectivity index (χ1) is 6.68. The van der Waals surface area contributed by atoms with Crippen molar-refractivity contribution < 1.29 is 5.11 Å². The SMILES string of the molecule is Cn1ncc(Br)c1C(O)CNC1CC1. The molecule has 1 aliphatic carbocycles. The Kier molecular flexibility index (Phi) is 2.90. The van der Waals surface area contributed by atoms with Crippen LogP contribution in [-0.2, 0) is 7.05 Å². The zero-order valence-corrected chi connectivity index (χ0v) is 9.66. The van der Waals surface area contributed by atoms with E-state index in [9.17, 15) is 5.11 Å². The molecular formula is C9H14BrN3O. The van der Waals surface area contributed by atoms with Crippen molar-refractivity contribution in [2.45, 2.75) is 25.0 Å². The van der Waals surface area contributed by atoms with Gasteiger partial charge in [0, 0.05) is 19.6 Å².